The van der Waals surface area contributed by atoms with Gasteiger partial charge in [-0.1, -0.05) is 23.8 Å². The van der Waals surface area contributed by atoms with Gasteiger partial charge in [-0.2, -0.15) is 5.10 Å². The summed E-state index contributed by atoms with van der Waals surface area (Å²) in [5.74, 6) is 0.742. The molecule has 0 aliphatic carbocycles. The maximum absolute atomic E-state index is 5.57. The van der Waals surface area contributed by atoms with Crippen molar-refractivity contribution in [2.75, 3.05) is 0 Å². The molecule has 0 spiro atoms. The summed E-state index contributed by atoms with van der Waals surface area (Å²) in [7, 11) is 0. The summed E-state index contributed by atoms with van der Waals surface area (Å²) in [4.78, 5) is 9.89. The number of pyridine rings is 1. The number of thiazole rings is 1. The molecule has 0 N–H and O–H groups in total. The summed E-state index contributed by atoms with van der Waals surface area (Å²) in [6.07, 6.45) is 5.12. The lowest BCUT2D eigenvalue weighted by Crippen LogP contribution is -2.11. The van der Waals surface area contributed by atoms with Gasteiger partial charge in [-0.25, -0.2) is 9.67 Å². The Balaban J connectivity index is 1.84. The highest BCUT2D eigenvalue weighted by Crippen LogP contribution is 2.22. The van der Waals surface area contributed by atoms with Crippen molar-refractivity contribution in [1.29, 1.82) is 0 Å². The first-order valence-corrected chi connectivity index (χ1v) is 9.40. The van der Waals surface area contributed by atoms with Crippen LogP contribution in [0.3, 0.4) is 0 Å². The maximum Gasteiger partial charge on any atom is 0.211 e. The van der Waals surface area contributed by atoms with E-state index in [-0.39, 0.29) is 0 Å². The largest absolute Gasteiger partial charge is 0.463 e. The van der Waals surface area contributed by atoms with Gasteiger partial charge in [-0.3, -0.25) is 4.98 Å². The zero-order valence-corrected chi connectivity index (χ0v) is 15.9. The molecule has 3 heterocycles. The van der Waals surface area contributed by atoms with Crippen molar-refractivity contribution >= 4 is 23.2 Å². The van der Waals surface area contributed by atoms with Gasteiger partial charge in [0.25, 0.3) is 0 Å². The van der Waals surface area contributed by atoms with Crippen LogP contribution < -0.4 is 4.80 Å². The Kier molecular flexibility index (Phi) is 4.80. The smallest absolute Gasteiger partial charge is 0.211 e. The van der Waals surface area contributed by atoms with Crippen LogP contribution in [-0.4, -0.2) is 15.9 Å². The van der Waals surface area contributed by atoms with E-state index in [1.807, 2.05) is 41.8 Å². The van der Waals surface area contributed by atoms with Crippen LogP contribution in [0.25, 0.3) is 11.5 Å². The molecule has 1 aromatic carbocycles. The number of rotatable bonds is 4. The first-order chi connectivity index (χ1) is 13.2. The van der Waals surface area contributed by atoms with Gasteiger partial charge in [0.05, 0.1) is 23.9 Å². The molecule has 0 atom stereocenters. The monoisotopic (exact) mass is 374 g/mol. The molecule has 0 amide bonds. The van der Waals surface area contributed by atoms with Crippen molar-refractivity contribution in [2.24, 2.45) is 10.1 Å². The standard InChI is InChI=1S/C21H18N4OS/c1-15-8-9-18(16(2)12-15)24-21-25(23-13-17-6-3-4-10-22-17)19(14-27-21)20-7-5-11-26-20/h3-14H,1-2H3. The highest BCUT2D eigenvalue weighted by Gasteiger charge is 2.10. The fourth-order valence-corrected chi connectivity index (χ4v) is 3.52. The predicted octanol–water partition coefficient (Wildman–Crippen LogP) is 4.94. The summed E-state index contributed by atoms with van der Waals surface area (Å²) < 4.78 is 7.36. The summed E-state index contributed by atoms with van der Waals surface area (Å²) in [5.41, 5.74) is 4.90. The molecular formula is C21H18N4OS. The van der Waals surface area contributed by atoms with E-state index in [9.17, 15) is 0 Å². The Hall–Kier alpha value is -3.25. The SMILES string of the molecule is Cc1ccc(N=c2scc(-c3ccco3)n2N=Cc2ccccn2)c(C)c1. The van der Waals surface area contributed by atoms with Gasteiger partial charge in [-0.15, -0.1) is 11.3 Å². The molecule has 134 valence electrons. The third kappa shape index (κ3) is 3.80. The molecule has 3 aromatic heterocycles. The molecule has 0 saturated carbocycles. The quantitative estimate of drug-likeness (QED) is 0.475. The average Bonchev–Trinajstić information content (AvgIpc) is 3.33. The van der Waals surface area contributed by atoms with E-state index >= 15 is 0 Å². The molecule has 0 saturated heterocycles. The molecular weight excluding hydrogens is 356 g/mol. The van der Waals surface area contributed by atoms with Gasteiger partial charge in [-0.05, 0) is 49.7 Å². The maximum atomic E-state index is 5.57. The van der Waals surface area contributed by atoms with Gasteiger partial charge < -0.3 is 4.42 Å². The first-order valence-electron chi connectivity index (χ1n) is 8.52. The first kappa shape index (κ1) is 17.2. The number of furan rings is 1. The predicted molar refractivity (Wildman–Crippen MR) is 108 cm³/mol. The molecule has 4 rings (SSSR count). The Labute approximate surface area is 161 Å². The van der Waals surface area contributed by atoms with E-state index in [1.54, 1.807) is 23.4 Å². The fourth-order valence-electron chi connectivity index (χ4n) is 2.69. The van der Waals surface area contributed by atoms with Crippen molar-refractivity contribution in [2.45, 2.75) is 13.8 Å². The second-order valence-electron chi connectivity index (χ2n) is 6.09. The van der Waals surface area contributed by atoms with Gasteiger partial charge in [0, 0.05) is 11.6 Å². The molecule has 0 aliphatic heterocycles. The van der Waals surface area contributed by atoms with E-state index in [0.29, 0.717) is 0 Å². The van der Waals surface area contributed by atoms with Crippen molar-refractivity contribution in [3.05, 3.63) is 88.0 Å². The van der Waals surface area contributed by atoms with Crippen LogP contribution in [0.1, 0.15) is 16.8 Å². The minimum atomic E-state index is 0.742. The summed E-state index contributed by atoms with van der Waals surface area (Å²) in [6.45, 7) is 4.14. The number of benzene rings is 1. The van der Waals surface area contributed by atoms with Crippen molar-refractivity contribution in [3.63, 3.8) is 0 Å². The highest BCUT2D eigenvalue weighted by molar-refractivity contribution is 7.07. The fraction of sp³-hybridized carbons (Fsp3) is 0.0952. The topological polar surface area (TPSA) is 55.7 Å². The normalized spacial score (nSPS) is 12.1. The van der Waals surface area contributed by atoms with Crippen molar-refractivity contribution in [3.8, 4) is 11.5 Å². The average molecular weight is 374 g/mol. The Morgan fingerprint density at radius 1 is 1.11 bits per heavy atom. The number of hydrogen-bond acceptors (Lipinski definition) is 5. The Morgan fingerprint density at radius 2 is 2.04 bits per heavy atom. The second kappa shape index (κ2) is 7.55. The third-order valence-electron chi connectivity index (χ3n) is 4.02. The molecule has 6 heteroatoms. The van der Waals surface area contributed by atoms with Crippen LogP contribution in [0.15, 0.2) is 80.9 Å². The van der Waals surface area contributed by atoms with E-state index in [1.165, 1.54) is 16.9 Å². The Bertz CT molecular complexity index is 1140. The highest BCUT2D eigenvalue weighted by atomic mass is 32.1. The molecule has 0 aliphatic rings. The zero-order chi connectivity index (χ0) is 18.6. The van der Waals surface area contributed by atoms with Crippen LogP contribution in [0.5, 0.6) is 0 Å². The van der Waals surface area contributed by atoms with Crippen LogP contribution >= 0.6 is 11.3 Å². The van der Waals surface area contributed by atoms with Crippen molar-refractivity contribution < 1.29 is 4.42 Å². The number of nitrogens with zero attached hydrogens (tertiary/aromatic N) is 4. The van der Waals surface area contributed by atoms with Crippen molar-refractivity contribution in [1.82, 2.24) is 9.66 Å². The molecule has 0 unspecified atom stereocenters. The van der Waals surface area contributed by atoms with Gasteiger partial charge in [0.15, 0.2) is 5.76 Å². The number of aromatic nitrogens is 2. The third-order valence-corrected chi connectivity index (χ3v) is 4.84. The minimum Gasteiger partial charge on any atom is -0.463 e. The lowest BCUT2D eigenvalue weighted by molar-refractivity contribution is 0.575. The van der Waals surface area contributed by atoms with Gasteiger partial charge >= 0.3 is 0 Å². The van der Waals surface area contributed by atoms with E-state index < -0.39 is 0 Å². The van der Waals surface area contributed by atoms with Crippen LogP contribution in [-0.2, 0) is 0 Å². The molecule has 4 aromatic rings. The lowest BCUT2D eigenvalue weighted by atomic mass is 10.1. The molecule has 27 heavy (non-hydrogen) atoms. The minimum absolute atomic E-state index is 0.742. The molecule has 0 fully saturated rings. The van der Waals surface area contributed by atoms with E-state index in [2.05, 4.69) is 36.1 Å². The second-order valence-corrected chi connectivity index (χ2v) is 6.93. The summed E-state index contributed by atoms with van der Waals surface area (Å²) in [5, 5.41) is 6.62. The van der Waals surface area contributed by atoms with Crippen LogP contribution in [0.2, 0.25) is 0 Å². The number of hydrogen-bond donors (Lipinski definition) is 0. The summed E-state index contributed by atoms with van der Waals surface area (Å²) in [6, 6.07) is 15.7. The summed E-state index contributed by atoms with van der Waals surface area (Å²) >= 11 is 1.52. The molecule has 5 nitrogen and oxygen atoms in total. The van der Waals surface area contributed by atoms with E-state index in [4.69, 9.17) is 9.41 Å². The molecule has 0 radical (unpaired) electrons. The molecule has 0 bridgehead atoms. The van der Waals surface area contributed by atoms with Gasteiger partial charge in [0.1, 0.15) is 5.69 Å². The Morgan fingerprint density at radius 3 is 2.78 bits per heavy atom. The van der Waals surface area contributed by atoms with E-state index in [0.717, 1.165) is 33.2 Å². The van der Waals surface area contributed by atoms with Crippen LogP contribution in [0.4, 0.5) is 5.69 Å². The lowest BCUT2D eigenvalue weighted by Gasteiger charge is -2.02. The van der Waals surface area contributed by atoms with Crippen LogP contribution in [0, 0.1) is 13.8 Å². The number of aryl methyl sites for hydroxylation is 2. The van der Waals surface area contributed by atoms with Gasteiger partial charge in [0.2, 0.25) is 4.80 Å². The zero-order valence-electron chi connectivity index (χ0n) is 15.0.